The van der Waals surface area contributed by atoms with Crippen molar-refractivity contribution in [3.63, 3.8) is 0 Å². The van der Waals surface area contributed by atoms with Crippen LogP contribution in [0.25, 0.3) is 12.2 Å². The summed E-state index contributed by atoms with van der Waals surface area (Å²) in [6.45, 7) is 5.77. The van der Waals surface area contributed by atoms with E-state index in [0.717, 1.165) is 48.6 Å². The van der Waals surface area contributed by atoms with E-state index in [2.05, 4.69) is 30.4 Å². The van der Waals surface area contributed by atoms with E-state index >= 15 is 4.39 Å². The summed E-state index contributed by atoms with van der Waals surface area (Å²) in [5, 5.41) is 10.4. The number of benzene rings is 1. The standard InChI is InChI=1S/C23H23FN6O/c1-3-5-16-12-20(29-28-16)25-19-13-21(30-8-4-9-30)27-23(26-19)31-18-7-6-15-10-14(2)11-17(15)22(18)24/h3,5-7,11-13H,4,8-10H2,1-2H3,(H2,25,26,27,28,29)/b5-3+. The second kappa shape index (κ2) is 7.86. The van der Waals surface area contributed by atoms with Crippen LogP contribution in [-0.4, -0.2) is 33.3 Å². The van der Waals surface area contributed by atoms with E-state index in [1.54, 1.807) is 6.07 Å². The molecule has 1 fully saturated rings. The Kier molecular flexibility index (Phi) is 4.89. The predicted molar refractivity (Wildman–Crippen MR) is 119 cm³/mol. The molecular weight excluding hydrogens is 395 g/mol. The van der Waals surface area contributed by atoms with E-state index in [-0.39, 0.29) is 17.6 Å². The van der Waals surface area contributed by atoms with Gasteiger partial charge in [-0.25, -0.2) is 4.39 Å². The Hall–Kier alpha value is -3.68. The van der Waals surface area contributed by atoms with Crippen LogP contribution in [0.15, 0.2) is 35.9 Å². The summed E-state index contributed by atoms with van der Waals surface area (Å²) in [4.78, 5) is 11.1. The monoisotopic (exact) mass is 418 g/mol. The van der Waals surface area contributed by atoms with E-state index in [9.17, 15) is 0 Å². The molecule has 1 aromatic carbocycles. The Balaban J connectivity index is 1.45. The third kappa shape index (κ3) is 3.88. The first-order valence-corrected chi connectivity index (χ1v) is 10.3. The van der Waals surface area contributed by atoms with E-state index in [4.69, 9.17) is 4.74 Å². The van der Waals surface area contributed by atoms with Crippen molar-refractivity contribution >= 4 is 29.6 Å². The summed E-state index contributed by atoms with van der Waals surface area (Å²) >= 11 is 0. The van der Waals surface area contributed by atoms with Crippen LogP contribution in [0.1, 0.15) is 37.1 Å². The minimum atomic E-state index is -0.384. The number of aromatic amines is 1. The third-order valence-electron chi connectivity index (χ3n) is 5.37. The molecule has 2 aliphatic rings. The number of allylic oxidation sites excluding steroid dienone is 2. The molecule has 7 nitrogen and oxygen atoms in total. The van der Waals surface area contributed by atoms with Crippen LogP contribution in [0, 0.1) is 5.82 Å². The molecule has 0 bridgehead atoms. The third-order valence-corrected chi connectivity index (χ3v) is 5.37. The second-order valence-corrected chi connectivity index (χ2v) is 7.79. The van der Waals surface area contributed by atoms with Gasteiger partial charge in [0, 0.05) is 30.8 Å². The lowest BCUT2D eigenvalue weighted by atomic mass is 10.1. The lowest BCUT2D eigenvalue weighted by molar-refractivity contribution is 0.410. The Bertz CT molecular complexity index is 1190. The van der Waals surface area contributed by atoms with Gasteiger partial charge >= 0.3 is 6.01 Å². The zero-order chi connectivity index (χ0) is 21.4. The van der Waals surface area contributed by atoms with Crippen molar-refractivity contribution in [2.45, 2.75) is 26.7 Å². The molecule has 1 saturated heterocycles. The van der Waals surface area contributed by atoms with E-state index in [1.165, 1.54) is 0 Å². The van der Waals surface area contributed by atoms with Crippen LogP contribution < -0.4 is 15.0 Å². The molecule has 0 atom stereocenters. The first-order valence-electron chi connectivity index (χ1n) is 10.3. The Labute approximate surface area is 179 Å². The van der Waals surface area contributed by atoms with Crippen LogP contribution in [-0.2, 0) is 6.42 Å². The lowest BCUT2D eigenvalue weighted by Crippen LogP contribution is -2.37. The second-order valence-electron chi connectivity index (χ2n) is 7.79. The molecule has 158 valence electrons. The molecule has 0 spiro atoms. The van der Waals surface area contributed by atoms with Gasteiger partial charge in [-0.15, -0.1) is 0 Å². The maximum Gasteiger partial charge on any atom is 0.326 e. The molecule has 5 rings (SSSR count). The van der Waals surface area contributed by atoms with Gasteiger partial charge in [-0.3, -0.25) is 5.10 Å². The molecule has 3 heterocycles. The van der Waals surface area contributed by atoms with Crippen LogP contribution >= 0.6 is 0 Å². The molecule has 2 N–H and O–H groups in total. The van der Waals surface area contributed by atoms with Gasteiger partial charge in [0.1, 0.15) is 11.6 Å². The Morgan fingerprint density at radius 2 is 2.06 bits per heavy atom. The fraction of sp³-hybridized carbons (Fsp3) is 0.261. The number of ether oxygens (including phenoxy) is 1. The summed E-state index contributed by atoms with van der Waals surface area (Å²) < 4.78 is 20.8. The smallest absolute Gasteiger partial charge is 0.326 e. The zero-order valence-corrected chi connectivity index (χ0v) is 17.4. The molecule has 2 aromatic heterocycles. The SMILES string of the molecule is C/C=C/c1cc(Nc2cc(N3CCC3)nc(Oc3ccc4c(c3F)C=C(C)C4)n2)n[nH]1. The summed E-state index contributed by atoms with van der Waals surface area (Å²) in [5.74, 6) is 1.62. The normalized spacial score (nSPS) is 15.1. The minimum absolute atomic E-state index is 0.0914. The van der Waals surface area contributed by atoms with Crippen LogP contribution in [0.4, 0.5) is 21.8 Å². The molecular formula is C23H23FN6O. The molecule has 8 heteroatoms. The highest BCUT2D eigenvalue weighted by Crippen LogP contribution is 2.34. The highest BCUT2D eigenvalue weighted by molar-refractivity contribution is 5.66. The van der Waals surface area contributed by atoms with E-state index in [0.29, 0.717) is 17.2 Å². The van der Waals surface area contributed by atoms with Gasteiger partial charge in [0.2, 0.25) is 0 Å². The first kappa shape index (κ1) is 19.3. The van der Waals surface area contributed by atoms with Crippen molar-refractivity contribution in [1.29, 1.82) is 0 Å². The average molecular weight is 418 g/mol. The van der Waals surface area contributed by atoms with Gasteiger partial charge < -0.3 is 15.0 Å². The van der Waals surface area contributed by atoms with Gasteiger partial charge in [-0.1, -0.05) is 23.8 Å². The van der Waals surface area contributed by atoms with Crippen LogP contribution in [0.5, 0.6) is 11.8 Å². The molecule has 1 aliphatic carbocycles. The number of rotatable bonds is 6. The zero-order valence-electron chi connectivity index (χ0n) is 17.4. The molecule has 31 heavy (non-hydrogen) atoms. The summed E-state index contributed by atoms with van der Waals surface area (Å²) in [6, 6.07) is 7.35. The molecule has 0 radical (unpaired) electrons. The van der Waals surface area contributed by atoms with Crippen molar-refractivity contribution in [3.05, 3.63) is 58.6 Å². The number of aromatic nitrogens is 4. The molecule has 3 aromatic rings. The maximum absolute atomic E-state index is 15.0. The maximum atomic E-state index is 15.0. The van der Waals surface area contributed by atoms with E-state index < -0.39 is 0 Å². The number of H-pyrrole nitrogens is 1. The number of halogens is 1. The summed E-state index contributed by atoms with van der Waals surface area (Å²) in [7, 11) is 0. The van der Waals surface area contributed by atoms with Gasteiger partial charge in [0.15, 0.2) is 17.4 Å². The highest BCUT2D eigenvalue weighted by Gasteiger charge is 2.21. The van der Waals surface area contributed by atoms with E-state index in [1.807, 2.05) is 50.3 Å². The van der Waals surface area contributed by atoms with Gasteiger partial charge in [-0.05, 0) is 44.4 Å². The van der Waals surface area contributed by atoms with Crippen molar-refractivity contribution in [1.82, 2.24) is 20.2 Å². The van der Waals surface area contributed by atoms with Crippen molar-refractivity contribution < 1.29 is 9.13 Å². The molecule has 1 aliphatic heterocycles. The number of hydrogen-bond donors (Lipinski definition) is 2. The van der Waals surface area contributed by atoms with Gasteiger partial charge in [-0.2, -0.15) is 15.1 Å². The topological polar surface area (TPSA) is 79.0 Å². The summed E-state index contributed by atoms with van der Waals surface area (Å²) in [5.41, 5.74) is 3.56. The number of nitrogens with one attached hydrogen (secondary N) is 2. The average Bonchev–Trinajstić information content (AvgIpc) is 3.29. The summed E-state index contributed by atoms with van der Waals surface area (Å²) in [6.07, 6.45) is 7.59. The largest absolute Gasteiger partial charge is 0.421 e. The lowest BCUT2D eigenvalue weighted by Gasteiger charge is -2.32. The Morgan fingerprint density at radius 1 is 1.19 bits per heavy atom. The molecule has 0 saturated carbocycles. The molecule has 0 amide bonds. The Morgan fingerprint density at radius 3 is 2.84 bits per heavy atom. The quantitative estimate of drug-likeness (QED) is 0.581. The highest BCUT2D eigenvalue weighted by atomic mass is 19.1. The first-order chi connectivity index (χ1) is 15.1. The van der Waals surface area contributed by atoms with Gasteiger partial charge in [0.25, 0.3) is 0 Å². The fourth-order valence-corrected chi connectivity index (χ4v) is 3.72. The number of anilines is 3. The van der Waals surface area contributed by atoms with Crippen molar-refractivity contribution in [3.8, 4) is 11.8 Å². The number of fused-ring (bicyclic) bond motifs is 1. The van der Waals surface area contributed by atoms with Crippen molar-refractivity contribution in [2.75, 3.05) is 23.3 Å². The number of nitrogens with zero attached hydrogens (tertiary/aromatic N) is 4. The van der Waals surface area contributed by atoms with Crippen molar-refractivity contribution in [2.24, 2.45) is 0 Å². The minimum Gasteiger partial charge on any atom is -0.421 e. The van der Waals surface area contributed by atoms with Crippen LogP contribution in [0.2, 0.25) is 0 Å². The van der Waals surface area contributed by atoms with Crippen LogP contribution in [0.3, 0.4) is 0 Å². The van der Waals surface area contributed by atoms with Gasteiger partial charge in [0.05, 0.1) is 5.69 Å². The predicted octanol–water partition coefficient (Wildman–Crippen LogP) is 5.08. The molecule has 0 unspecified atom stereocenters. The fourth-order valence-electron chi connectivity index (χ4n) is 3.72. The number of hydrogen-bond acceptors (Lipinski definition) is 6.